The van der Waals surface area contributed by atoms with Gasteiger partial charge in [0.15, 0.2) is 6.61 Å². The maximum absolute atomic E-state index is 12.9. The summed E-state index contributed by atoms with van der Waals surface area (Å²) >= 11 is 0. The fraction of sp³-hybridized carbons (Fsp3) is 0.143. The van der Waals surface area contributed by atoms with Crippen LogP contribution in [-0.2, 0) is 16.1 Å². The van der Waals surface area contributed by atoms with Gasteiger partial charge in [-0.1, -0.05) is 18.2 Å². The van der Waals surface area contributed by atoms with Crippen molar-refractivity contribution < 1.29 is 28.3 Å². The van der Waals surface area contributed by atoms with Crippen LogP contribution in [0.2, 0.25) is 0 Å². The molecule has 0 fully saturated rings. The average Bonchev–Trinajstić information content (AvgIpc) is 2.96. The van der Waals surface area contributed by atoms with Crippen LogP contribution in [0.4, 0.5) is 4.39 Å². The van der Waals surface area contributed by atoms with E-state index in [1.807, 2.05) is 0 Å². The number of nitrogens with zero attached hydrogens (tertiary/aromatic N) is 1. The predicted octanol–water partition coefficient (Wildman–Crippen LogP) is 2.08. The Morgan fingerprint density at radius 3 is 2.45 bits per heavy atom. The van der Waals surface area contributed by atoms with Gasteiger partial charge in [-0.15, -0.1) is 6.58 Å². The lowest BCUT2D eigenvalue weighted by Gasteiger charge is -2.09. The van der Waals surface area contributed by atoms with E-state index >= 15 is 0 Å². The van der Waals surface area contributed by atoms with E-state index in [4.69, 9.17) is 4.74 Å². The van der Waals surface area contributed by atoms with Gasteiger partial charge in [-0.3, -0.25) is 19.3 Å². The molecule has 3 amide bonds. The normalized spacial score (nSPS) is 12.5. The summed E-state index contributed by atoms with van der Waals surface area (Å²) < 4.78 is 17.8. The van der Waals surface area contributed by atoms with E-state index in [1.165, 1.54) is 48.5 Å². The molecule has 29 heavy (non-hydrogen) atoms. The number of rotatable bonds is 7. The topological polar surface area (TPSA) is 92.8 Å². The van der Waals surface area contributed by atoms with Gasteiger partial charge in [-0.25, -0.2) is 9.18 Å². The van der Waals surface area contributed by atoms with Gasteiger partial charge < -0.3 is 10.1 Å². The summed E-state index contributed by atoms with van der Waals surface area (Å²) in [4.78, 5) is 49.5. The van der Waals surface area contributed by atoms with E-state index in [2.05, 4.69) is 11.9 Å². The summed E-state index contributed by atoms with van der Waals surface area (Å²) in [5, 5.41) is 2.55. The number of benzene rings is 2. The van der Waals surface area contributed by atoms with Crippen LogP contribution in [0.3, 0.4) is 0 Å². The molecule has 0 aliphatic carbocycles. The predicted molar refractivity (Wildman–Crippen MR) is 101 cm³/mol. The van der Waals surface area contributed by atoms with Gasteiger partial charge in [-0.2, -0.15) is 0 Å². The number of hydrogen-bond donors (Lipinski definition) is 1. The Labute approximate surface area is 165 Å². The summed E-state index contributed by atoms with van der Waals surface area (Å²) in [5.41, 5.74) is 1.05. The molecule has 1 aliphatic heterocycles. The number of hydrogen-bond acceptors (Lipinski definition) is 5. The number of carbonyl (C=O) groups is 4. The highest BCUT2D eigenvalue weighted by Crippen LogP contribution is 2.24. The van der Waals surface area contributed by atoms with Crippen LogP contribution in [-0.4, -0.2) is 41.7 Å². The second kappa shape index (κ2) is 8.47. The zero-order chi connectivity index (χ0) is 21.0. The van der Waals surface area contributed by atoms with E-state index in [-0.39, 0.29) is 35.6 Å². The van der Waals surface area contributed by atoms with E-state index in [0.717, 1.165) is 4.90 Å². The molecule has 0 radical (unpaired) electrons. The number of imide groups is 1. The zero-order valence-corrected chi connectivity index (χ0v) is 15.3. The van der Waals surface area contributed by atoms with Crippen LogP contribution >= 0.6 is 0 Å². The van der Waals surface area contributed by atoms with Crippen LogP contribution in [0.1, 0.15) is 36.6 Å². The SMILES string of the molecule is C=CCN1C(=O)c2ccc(C(=O)OCC(=O)NCc3ccc(F)cc3)cc2C1=O. The molecular formula is C21H17FN2O5. The molecule has 1 heterocycles. The van der Waals surface area contributed by atoms with E-state index in [9.17, 15) is 23.6 Å². The van der Waals surface area contributed by atoms with Crippen molar-refractivity contribution in [1.29, 1.82) is 0 Å². The van der Waals surface area contributed by atoms with Crippen molar-refractivity contribution in [3.05, 3.63) is 83.2 Å². The summed E-state index contributed by atoms with van der Waals surface area (Å²) in [6.45, 7) is 3.21. The van der Waals surface area contributed by atoms with Crippen LogP contribution in [0.25, 0.3) is 0 Å². The quantitative estimate of drug-likeness (QED) is 0.439. The molecule has 2 aromatic carbocycles. The smallest absolute Gasteiger partial charge is 0.338 e. The number of amides is 3. The van der Waals surface area contributed by atoms with E-state index < -0.39 is 30.3 Å². The molecule has 0 aromatic heterocycles. The third-order valence-corrected chi connectivity index (χ3v) is 4.26. The zero-order valence-electron chi connectivity index (χ0n) is 15.3. The minimum atomic E-state index is -0.799. The molecule has 0 spiro atoms. The van der Waals surface area contributed by atoms with Gasteiger partial charge in [-0.05, 0) is 35.9 Å². The molecule has 0 atom stereocenters. The molecule has 3 rings (SSSR count). The fourth-order valence-corrected chi connectivity index (χ4v) is 2.78. The number of halogens is 1. The minimum Gasteiger partial charge on any atom is -0.452 e. The van der Waals surface area contributed by atoms with Crippen LogP contribution in [0, 0.1) is 5.82 Å². The Morgan fingerprint density at radius 2 is 1.76 bits per heavy atom. The summed E-state index contributed by atoms with van der Waals surface area (Å²) in [7, 11) is 0. The van der Waals surface area contributed by atoms with Crippen LogP contribution in [0.5, 0.6) is 0 Å². The highest BCUT2D eigenvalue weighted by atomic mass is 19.1. The van der Waals surface area contributed by atoms with Gasteiger partial charge in [0.05, 0.1) is 16.7 Å². The van der Waals surface area contributed by atoms with E-state index in [1.54, 1.807) is 0 Å². The van der Waals surface area contributed by atoms with Gasteiger partial charge in [0.1, 0.15) is 5.82 Å². The Morgan fingerprint density at radius 1 is 1.07 bits per heavy atom. The molecule has 7 nitrogen and oxygen atoms in total. The first-order chi connectivity index (χ1) is 13.9. The summed E-state index contributed by atoms with van der Waals surface area (Å²) in [6.07, 6.45) is 1.43. The Kier molecular flexibility index (Phi) is 5.82. The first-order valence-electron chi connectivity index (χ1n) is 8.70. The van der Waals surface area contributed by atoms with E-state index in [0.29, 0.717) is 5.56 Å². The monoisotopic (exact) mass is 396 g/mol. The minimum absolute atomic E-state index is 0.0525. The van der Waals surface area contributed by atoms with Crippen molar-refractivity contribution in [2.24, 2.45) is 0 Å². The molecule has 2 aromatic rings. The second-order valence-corrected chi connectivity index (χ2v) is 6.25. The van der Waals surface area contributed by atoms with Crippen LogP contribution < -0.4 is 5.32 Å². The van der Waals surface area contributed by atoms with Gasteiger partial charge in [0, 0.05) is 13.1 Å². The lowest BCUT2D eigenvalue weighted by molar-refractivity contribution is -0.124. The molecule has 0 saturated carbocycles. The van der Waals surface area contributed by atoms with Crippen molar-refractivity contribution >= 4 is 23.7 Å². The molecule has 148 valence electrons. The highest BCUT2D eigenvalue weighted by Gasteiger charge is 2.35. The molecule has 0 bridgehead atoms. The lowest BCUT2D eigenvalue weighted by atomic mass is 10.1. The van der Waals surface area contributed by atoms with Crippen molar-refractivity contribution in [2.45, 2.75) is 6.54 Å². The van der Waals surface area contributed by atoms with Gasteiger partial charge in [0.2, 0.25) is 0 Å². The number of fused-ring (bicyclic) bond motifs is 1. The molecule has 8 heteroatoms. The number of nitrogens with one attached hydrogen (secondary N) is 1. The Bertz CT molecular complexity index is 1000. The number of esters is 1. The number of ether oxygens (including phenoxy) is 1. The van der Waals surface area contributed by atoms with Crippen molar-refractivity contribution in [3.8, 4) is 0 Å². The fourth-order valence-electron chi connectivity index (χ4n) is 2.78. The molecule has 1 aliphatic rings. The Hall–Kier alpha value is -3.81. The third-order valence-electron chi connectivity index (χ3n) is 4.26. The largest absolute Gasteiger partial charge is 0.452 e. The van der Waals surface area contributed by atoms with Crippen molar-refractivity contribution in [2.75, 3.05) is 13.2 Å². The van der Waals surface area contributed by atoms with Crippen LogP contribution in [0.15, 0.2) is 55.1 Å². The second-order valence-electron chi connectivity index (χ2n) is 6.25. The van der Waals surface area contributed by atoms with Crippen molar-refractivity contribution in [3.63, 3.8) is 0 Å². The molecule has 0 saturated heterocycles. The van der Waals surface area contributed by atoms with Gasteiger partial charge >= 0.3 is 5.97 Å². The summed E-state index contributed by atoms with van der Waals surface area (Å²) in [5.74, 6) is -2.68. The first-order valence-corrected chi connectivity index (χ1v) is 8.70. The standard InChI is InChI=1S/C21H17FN2O5/c1-2-9-24-19(26)16-8-5-14(10-17(16)20(24)27)21(28)29-12-18(25)23-11-13-3-6-15(22)7-4-13/h2-8,10H,1,9,11-12H2,(H,23,25). The highest BCUT2D eigenvalue weighted by molar-refractivity contribution is 6.22. The first kappa shape index (κ1) is 19.9. The maximum atomic E-state index is 12.9. The molecular weight excluding hydrogens is 379 g/mol. The maximum Gasteiger partial charge on any atom is 0.338 e. The molecule has 1 N–H and O–H groups in total. The van der Waals surface area contributed by atoms with Gasteiger partial charge in [0.25, 0.3) is 17.7 Å². The van der Waals surface area contributed by atoms with Crippen molar-refractivity contribution in [1.82, 2.24) is 10.2 Å². The lowest BCUT2D eigenvalue weighted by Crippen LogP contribution is -2.29. The Balaban J connectivity index is 1.57. The average molecular weight is 396 g/mol. The summed E-state index contributed by atoms with van der Waals surface area (Å²) in [6, 6.07) is 9.62. The number of carbonyl (C=O) groups excluding carboxylic acids is 4. The third kappa shape index (κ3) is 4.37. The molecule has 0 unspecified atom stereocenters.